The Morgan fingerprint density at radius 1 is 0.968 bits per heavy atom. The minimum Gasteiger partial charge on any atom is -0.323 e. The van der Waals surface area contributed by atoms with E-state index in [1.807, 2.05) is 42.5 Å². The first-order valence-electron chi connectivity index (χ1n) is 11.4. The fraction of sp³-hybridized carbons (Fsp3) is 0.423. The number of imide groups is 1. The van der Waals surface area contributed by atoms with E-state index < -0.39 is 11.6 Å². The van der Waals surface area contributed by atoms with Gasteiger partial charge in [-0.15, -0.1) is 0 Å². The van der Waals surface area contributed by atoms with Crippen molar-refractivity contribution in [3.63, 3.8) is 0 Å². The molecule has 31 heavy (non-hydrogen) atoms. The van der Waals surface area contributed by atoms with E-state index in [1.54, 1.807) is 0 Å². The van der Waals surface area contributed by atoms with Crippen LogP contribution in [-0.2, 0) is 17.6 Å². The molecule has 5 rings (SSSR count). The molecule has 160 valence electrons. The maximum absolute atomic E-state index is 13.2. The maximum Gasteiger partial charge on any atom is 0.325 e. The van der Waals surface area contributed by atoms with Crippen LogP contribution in [0.1, 0.15) is 71.5 Å². The van der Waals surface area contributed by atoms with Crippen LogP contribution in [0.3, 0.4) is 0 Å². The highest BCUT2D eigenvalue weighted by Gasteiger charge is 2.52. The van der Waals surface area contributed by atoms with Crippen molar-refractivity contribution >= 4 is 17.7 Å². The predicted molar refractivity (Wildman–Crippen MR) is 118 cm³/mol. The average Bonchev–Trinajstić information content (AvgIpc) is 3.03. The van der Waals surface area contributed by atoms with Crippen molar-refractivity contribution in [2.45, 2.75) is 62.8 Å². The number of fused-ring (bicyclic) bond motifs is 1. The number of amides is 3. The fourth-order valence-corrected chi connectivity index (χ4v) is 5.46. The molecule has 3 amide bonds. The first kappa shape index (κ1) is 20.0. The van der Waals surface area contributed by atoms with Crippen molar-refractivity contribution < 1.29 is 14.4 Å². The summed E-state index contributed by atoms with van der Waals surface area (Å²) in [7, 11) is 0. The lowest BCUT2D eigenvalue weighted by Gasteiger charge is -2.32. The van der Waals surface area contributed by atoms with E-state index in [4.69, 9.17) is 0 Å². The van der Waals surface area contributed by atoms with E-state index in [0.717, 1.165) is 16.9 Å². The van der Waals surface area contributed by atoms with Gasteiger partial charge in [-0.2, -0.15) is 0 Å². The van der Waals surface area contributed by atoms with Crippen LogP contribution in [0.15, 0.2) is 48.5 Å². The lowest BCUT2D eigenvalue weighted by molar-refractivity contribution is -0.131. The molecule has 3 aliphatic rings. The average molecular weight is 417 g/mol. The van der Waals surface area contributed by atoms with E-state index in [1.165, 1.54) is 43.2 Å². The second-order valence-electron chi connectivity index (χ2n) is 9.23. The SMILES string of the molecule is O=C(CN1C(=O)NC2(CCc3ccccc3C2)C1=O)c1ccc(C2CCCCC2)cc1. The normalized spacial score (nSPS) is 23.7. The summed E-state index contributed by atoms with van der Waals surface area (Å²) < 4.78 is 0. The highest BCUT2D eigenvalue weighted by molar-refractivity contribution is 6.11. The van der Waals surface area contributed by atoms with Crippen molar-refractivity contribution in [3.05, 3.63) is 70.8 Å². The van der Waals surface area contributed by atoms with Gasteiger partial charge in [0, 0.05) is 12.0 Å². The molecule has 2 fully saturated rings. The summed E-state index contributed by atoms with van der Waals surface area (Å²) >= 11 is 0. The van der Waals surface area contributed by atoms with Crippen LogP contribution >= 0.6 is 0 Å². The molecule has 0 radical (unpaired) electrons. The molecule has 1 N–H and O–H groups in total. The molecule has 5 heteroatoms. The molecule has 1 saturated heterocycles. The molecule has 1 atom stereocenters. The third-order valence-corrected chi connectivity index (χ3v) is 7.29. The predicted octanol–water partition coefficient (Wildman–Crippen LogP) is 4.40. The minimum absolute atomic E-state index is 0.202. The van der Waals surface area contributed by atoms with E-state index in [2.05, 4.69) is 11.4 Å². The first-order valence-corrected chi connectivity index (χ1v) is 11.4. The number of carbonyl (C=O) groups excluding carboxylic acids is 3. The van der Waals surface area contributed by atoms with Gasteiger partial charge in [-0.1, -0.05) is 67.8 Å². The summed E-state index contributed by atoms with van der Waals surface area (Å²) in [6.07, 6.45) is 8.05. The molecule has 1 saturated carbocycles. The Morgan fingerprint density at radius 2 is 1.68 bits per heavy atom. The van der Waals surface area contributed by atoms with Crippen LogP contribution in [0.2, 0.25) is 0 Å². The van der Waals surface area contributed by atoms with Crippen molar-refractivity contribution in [2.75, 3.05) is 6.54 Å². The van der Waals surface area contributed by atoms with Crippen molar-refractivity contribution in [3.8, 4) is 0 Å². The smallest absolute Gasteiger partial charge is 0.323 e. The maximum atomic E-state index is 13.2. The van der Waals surface area contributed by atoms with Gasteiger partial charge in [0.2, 0.25) is 0 Å². The number of carbonyl (C=O) groups is 3. The topological polar surface area (TPSA) is 66.5 Å². The number of benzene rings is 2. The Morgan fingerprint density at radius 3 is 2.42 bits per heavy atom. The molecular weight excluding hydrogens is 388 g/mol. The standard InChI is InChI=1S/C26H28N2O3/c29-23(21-12-10-20(11-13-21)18-6-2-1-3-7-18)17-28-24(30)26(27-25(28)31)15-14-19-8-4-5-9-22(19)16-26/h4-5,8-13,18H,1-3,6-7,14-17H2,(H,27,31). The number of Topliss-reactive ketones (excluding diaryl/α,β-unsaturated/α-hetero) is 1. The molecule has 1 aliphatic heterocycles. The zero-order chi connectivity index (χ0) is 21.4. The number of hydrogen-bond acceptors (Lipinski definition) is 3. The van der Waals surface area contributed by atoms with E-state index in [0.29, 0.717) is 24.3 Å². The van der Waals surface area contributed by atoms with Crippen molar-refractivity contribution in [1.82, 2.24) is 10.2 Å². The Balaban J connectivity index is 1.28. The van der Waals surface area contributed by atoms with E-state index >= 15 is 0 Å². The number of urea groups is 1. The second-order valence-corrected chi connectivity index (χ2v) is 9.23. The highest BCUT2D eigenvalue weighted by atomic mass is 16.2. The molecule has 2 aliphatic carbocycles. The number of ketones is 1. The minimum atomic E-state index is -0.920. The van der Waals surface area contributed by atoms with Crippen LogP contribution < -0.4 is 5.32 Å². The molecular formula is C26H28N2O3. The highest BCUT2D eigenvalue weighted by Crippen LogP contribution is 2.34. The molecule has 2 aromatic carbocycles. The van der Waals surface area contributed by atoms with Gasteiger partial charge in [0.05, 0.1) is 6.54 Å². The van der Waals surface area contributed by atoms with Gasteiger partial charge in [-0.25, -0.2) is 4.79 Å². The van der Waals surface area contributed by atoms with Crippen molar-refractivity contribution in [1.29, 1.82) is 0 Å². The van der Waals surface area contributed by atoms with Gasteiger partial charge >= 0.3 is 6.03 Å². The number of aryl methyl sites for hydroxylation is 1. The first-order chi connectivity index (χ1) is 15.1. The molecule has 1 heterocycles. The summed E-state index contributed by atoms with van der Waals surface area (Å²) in [6.45, 7) is -0.211. The Kier molecular flexibility index (Phi) is 5.12. The lowest BCUT2D eigenvalue weighted by atomic mass is 9.78. The Labute approximate surface area is 182 Å². The molecule has 2 aromatic rings. The Bertz CT molecular complexity index is 1020. The summed E-state index contributed by atoms with van der Waals surface area (Å²) in [5, 5.41) is 2.90. The fourth-order valence-electron chi connectivity index (χ4n) is 5.46. The number of nitrogens with zero attached hydrogens (tertiary/aromatic N) is 1. The lowest BCUT2D eigenvalue weighted by Crippen LogP contribution is -2.51. The number of hydrogen-bond donors (Lipinski definition) is 1. The Hall–Kier alpha value is -2.95. The van der Waals surface area contributed by atoms with Gasteiger partial charge in [-0.05, 0) is 48.3 Å². The van der Waals surface area contributed by atoms with Gasteiger partial charge < -0.3 is 5.32 Å². The van der Waals surface area contributed by atoms with E-state index in [9.17, 15) is 14.4 Å². The van der Waals surface area contributed by atoms with E-state index in [-0.39, 0.29) is 18.2 Å². The number of nitrogens with one attached hydrogen (secondary N) is 1. The van der Waals surface area contributed by atoms with Crippen LogP contribution in [0.25, 0.3) is 0 Å². The van der Waals surface area contributed by atoms with Crippen LogP contribution in [0.5, 0.6) is 0 Å². The van der Waals surface area contributed by atoms with Gasteiger partial charge in [-0.3, -0.25) is 14.5 Å². The molecule has 0 aromatic heterocycles. The molecule has 1 spiro atoms. The molecule has 0 bridgehead atoms. The molecule has 5 nitrogen and oxygen atoms in total. The second kappa shape index (κ2) is 7.95. The van der Waals surface area contributed by atoms with Gasteiger partial charge in [0.1, 0.15) is 5.54 Å². The summed E-state index contributed by atoms with van der Waals surface area (Å²) in [5.41, 5.74) is 3.23. The quantitative estimate of drug-likeness (QED) is 0.594. The monoisotopic (exact) mass is 416 g/mol. The third kappa shape index (κ3) is 3.67. The zero-order valence-electron chi connectivity index (χ0n) is 17.7. The van der Waals surface area contributed by atoms with Crippen LogP contribution in [0, 0.1) is 0 Å². The largest absolute Gasteiger partial charge is 0.325 e. The van der Waals surface area contributed by atoms with Crippen LogP contribution in [0.4, 0.5) is 4.79 Å². The summed E-state index contributed by atoms with van der Waals surface area (Å²) in [6, 6.07) is 15.3. The summed E-state index contributed by atoms with van der Waals surface area (Å²) in [4.78, 5) is 39.8. The van der Waals surface area contributed by atoms with Crippen LogP contribution in [-0.4, -0.2) is 34.7 Å². The number of rotatable bonds is 4. The van der Waals surface area contributed by atoms with Crippen molar-refractivity contribution in [2.24, 2.45) is 0 Å². The summed E-state index contributed by atoms with van der Waals surface area (Å²) in [5.74, 6) is 0.101. The zero-order valence-corrected chi connectivity index (χ0v) is 17.7. The molecule has 1 unspecified atom stereocenters. The third-order valence-electron chi connectivity index (χ3n) is 7.29. The van der Waals surface area contributed by atoms with Gasteiger partial charge in [0.25, 0.3) is 5.91 Å². The van der Waals surface area contributed by atoms with Gasteiger partial charge in [0.15, 0.2) is 5.78 Å².